The summed E-state index contributed by atoms with van der Waals surface area (Å²) in [5.74, 6) is 0. The Morgan fingerprint density at radius 1 is 1.11 bits per heavy atom. The third-order valence-corrected chi connectivity index (χ3v) is 6.01. The van der Waals surface area contributed by atoms with Gasteiger partial charge in [-0.1, -0.05) is 36.7 Å². The monoisotopic (exact) mass is 403 g/mol. The van der Waals surface area contributed by atoms with Crippen LogP contribution in [0, 0.1) is 6.92 Å². The zero-order valence-corrected chi connectivity index (χ0v) is 16.4. The molecule has 140 valence electrons. The fraction of sp³-hybridized carbons (Fsp3) is 0.158. The molecule has 0 atom stereocenters. The third-order valence-electron chi connectivity index (χ3n) is 4.14. The first-order valence-corrected chi connectivity index (χ1v) is 10.1. The highest BCUT2D eigenvalue weighted by Gasteiger charge is 2.20. The fourth-order valence-electron chi connectivity index (χ4n) is 2.63. The Labute approximate surface area is 162 Å². The summed E-state index contributed by atoms with van der Waals surface area (Å²) in [5, 5.41) is 6.80. The minimum atomic E-state index is -3.83. The number of aryl methyl sites for hydroxylation is 2. The van der Waals surface area contributed by atoms with Crippen molar-refractivity contribution < 1.29 is 8.42 Å². The Kier molecular flexibility index (Phi) is 5.34. The van der Waals surface area contributed by atoms with Gasteiger partial charge < -0.3 is 0 Å². The molecule has 0 spiro atoms. The molecule has 0 aliphatic heterocycles. The number of nitrogens with zero attached hydrogens (tertiary/aromatic N) is 1. The van der Waals surface area contributed by atoms with Gasteiger partial charge in [-0.15, -0.1) is 0 Å². The highest BCUT2D eigenvalue weighted by molar-refractivity contribution is 7.92. The normalized spacial score (nSPS) is 11.4. The van der Waals surface area contributed by atoms with Crippen molar-refractivity contribution in [1.82, 2.24) is 10.2 Å². The zero-order chi connectivity index (χ0) is 19.6. The summed E-state index contributed by atoms with van der Waals surface area (Å²) < 4.78 is 28.5. The molecule has 0 bridgehead atoms. The minimum Gasteiger partial charge on any atom is -0.280 e. The van der Waals surface area contributed by atoms with Crippen LogP contribution in [0.4, 0.5) is 5.69 Å². The van der Waals surface area contributed by atoms with Crippen LogP contribution in [0.25, 0.3) is 11.3 Å². The number of aromatic nitrogens is 2. The first kappa shape index (κ1) is 19.1. The molecule has 2 aromatic carbocycles. The van der Waals surface area contributed by atoms with Gasteiger partial charge in [0.15, 0.2) is 0 Å². The van der Waals surface area contributed by atoms with Crippen molar-refractivity contribution in [2.75, 3.05) is 4.72 Å². The SMILES string of the molecule is CCc1ccc(-c2ccc(=O)[nH]n2)cc1S(=O)(=O)Nc1ccc(C)c(Cl)c1. The molecule has 0 amide bonds. The molecule has 0 aliphatic carbocycles. The minimum absolute atomic E-state index is 0.159. The predicted molar refractivity (Wildman–Crippen MR) is 107 cm³/mol. The summed E-state index contributed by atoms with van der Waals surface area (Å²) >= 11 is 6.09. The molecule has 8 heteroatoms. The number of benzene rings is 2. The van der Waals surface area contributed by atoms with Crippen LogP contribution < -0.4 is 10.3 Å². The molecule has 0 radical (unpaired) electrons. The Morgan fingerprint density at radius 3 is 2.52 bits per heavy atom. The van der Waals surface area contributed by atoms with Gasteiger partial charge in [-0.2, -0.15) is 5.10 Å². The van der Waals surface area contributed by atoms with Crippen molar-refractivity contribution in [3.63, 3.8) is 0 Å². The number of nitrogens with one attached hydrogen (secondary N) is 2. The van der Waals surface area contributed by atoms with Crippen molar-refractivity contribution in [1.29, 1.82) is 0 Å². The van der Waals surface area contributed by atoms with E-state index in [9.17, 15) is 13.2 Å². The van der Waals surface area contributed by atoms with E-state index in [1.54, 1.807) is 42.5 Å². The molecule has 2 N–H and O–H groups in total. The van der Waals surface area contributed by atoms with E-state index in [1.165, 1.54) is 6.07 Å². The van der Waals surface area contributed by atoms with Gasteiger partial charge in [0, 0.05) is 16.7 Å². The van der Waals surface area contributed by atoms with E-state index in [1.807, 2.05) is 13.8 Å². The summed E-state index contributed by atoms with van der Waals surface area (Å²) in [6.45, 7) is 3.73. The molecule has 0 saturated carbocycles. The van der Waals surface area contributed by atoms with Gasteiger partial charge in [0.1, 0.15) is 0 Å². The predicted octanol–water partition coefficient (Wildman–Crippen LogP) is 3.76. The molecule has 0 saturated heterocycles. The number of hydrogen-bond acceptors (Lipinski definition) is 4. The second kappa shape index (κ2) is 7.54. The van der Waals surface area contributed by atoms with Gasteiger partial charge in [0.25, 0.3) is 15.6 Å². The lowest BCUT2D eigenvalue weighted by Crippen LogP contribution is -2.15. The molecule has 1 heterocycles. The Morgan fingerprint density at radius 2 is 1.89 bits per heavy atom. The maximum absolute atomic E-state index is 13.0. The highest BCUT2D eigenvalue weighted by Crippen LogP contribution is 2.27. The number of H-pyrrole nitrogens is 1. The van der Waals surface area contributed by atoms with E-state index >= 15 is 0 Å². The molecule has 0 fully saturated rings. The van der Waals surface area contributed by atoms with E-state index < -0.39 is 10.0 Å². The third kappa shape index (κ3) is 4.20. The Bertz CT molecular complexity index is 1140. The second-order valence-electron chi connectivity index (χ2n) is 6.05. The van der Waals surface area contributed by atoms with Gasteiger partial charge in [0.05, 0.1) is 16.3 Å². The lowest BCUT2D eigenvalue weighted by Gasteiger charge is -2.13. The number of halogens is 1. The molecular formula is C19H18ClN3O3S. The lowest BCUT2D eigenvalue weighted by molar-refractivity contribution is 0.600. The number of sulfonamides is 1. The first-order valence-electron chi connectivity index (χ1n) is 8.28. The maximum atomic E-state index is 13.0. The number of aromatic amines is 1. The zero-order valence-electron chi connectivity index (χ0n) is 14.8. The average molecular weight is 404 g/mol. The maximum Gasteiger partial charge on any atom is 0.264 e. The summed E-state index contributed by atoms with van der Waals surface area (Å²) in [6, 6.07) is 13.0. The smallest absolute Gasteiger partial charge is 0.264 e. The topological polar surface area (TPSA) is 91.9 Å². The fourth-order valence-corrected chi connectivity index (χ4v) is 4.20. The van der Waals surface area contributed by atoms with Crippen LogP contribution in [0.1, 0.15) is 18.1 Å². The van der Waals surface area contributed by atoms with Gasteiger partial charge in [0.2, 0.25) is 0 Å². The van der Waals surface area contributed by atoms with Crippen LogP contribution in [0.3, 0.4) is 0 Å². The van der Waals surface area contributed by atoms with Gasteiger partial charge in [-0.25, -0.2) is 13.5 Å². The number of rotatable bonds is 5. The van der Waals surface area contributed by atoms with Gasteiger partial charge in [-0.05, 0) is 48.7 Å². The molecule has 6 nitrogen and oxygen atoms in total. The molecule has 0 unspecified atom stereocenters. The van der Waals surface area contributed by atoms with E-state index in [-0.39, 0.29) is 10.5 Å². The summed E-state index contributed by atoms with van der Waals surface area (Å²) in [4.78, 5) is 11.4. The van der Waals surface area contributed by atoms with Crippen LogP contribution in [-0.4, -0.2) is 18.6 Å². The average Bonchev–Trinajstić information content (AvgIpc) is 2.64. The van der Waals surface area contributed by atoms with E-state index in [0.29, 0.717) is 34.0 Å². The summed E-state index contributed by atoms with van der Waals surface area (Å²) in [5.41, 5.74) is 2.67. The number of hydrogen-bond donors (Lipinski definition) is 2. The molecule has 0 aliphatic rings. The summed E-state index contributed by atoms with van der Waals surface area (Å²) in [6.07, 6.45) is 0.546. The standard InChI is InChI=1S/C19H18ClN3O3S/c1-3-13-5-6-14(17-8-9-19(24)22-21-17)10-18(13)27(25,26)23-15-7-4-12(2)16(20)11-15/h4-11,23H,3H2,1-2H3,(H,22,24). The lowest BCUT2D eigenvalue weighted by atomic mass is 10.1. The van der Waals surface area contributed by atoms with Crippen LogP contribution in [0.5, 0.6) is 0 Å². The van der Waals surface area contributed by atoms with Crippen molar-refractivity contribution in [3.05, 3.63) is 75.0 Å². The molecule has 1 aromatic heterocycles. The Balaban J connectivity index is 2.04. The largest absolute Gasteiger partial charge is 0.280 e. The van der Waals surface area contributed by atoms with Crippen LogP contribution >= 0.6 is 11.6 Å². The van der Waals surface area contributed by atoms with Crippen molar-refractivity contribution >= 4 is 27.3 Å². The highest BCUT2D eigenvalue weighted by atomic mass is 35.5. The molecule has 3 aromatic rings. The van der Waals surface area contributed by atoms with E-state index in [2.05, 4.69) is 14.9 Å². The van der Waals surface area contributed by atoms with Crippen LogP contribution in [-0.2, 0) is 16.4 Å². The number of anilines is 1. The molecular weight excluding hydrogens is 386 g/mol. The van der Waals surface area contributed by atoms with Crippen molar-refractivity contribution in [3.8, 4) is 11.3 Å². The Hall–Kier alpha value is -2.64. The quantitative estimate of drug-likeness (QED) is 0.678. The van der Waals surface area contributed by atoms with E-state index in [0.717, 1.165) is 5.56 Å². The van der Waals surface area contributed by atoms with Gasteiger partial charge >= 0.3 is 0 Å². The van der Waals surface area contributed by atoms with Crippen molar-refractivity contribution in [2.24, 2.45) is 0 Å². The second-order valence-corrected chi connectivity index (χ2v) is 8.11. The van der Waals surface area contributed by atoms with Crippen LogP contribution in [0.2, 0.25) is 5.02 Å². The first-order chi connectivity index (χ1) is 12.8. The van der Waals surface area contributed by atoms with E-state index in [4.69, 9.17) is 11.6 Å². The molecule has 27 heavy (non-hydrogen) atoms. The van der Waals surface area contributed by atoms with Crippen LogP contribution in [0.15, 0.2) is 58.2 Å². The van der Waals surface area contributed by atoms with Gasteiger partial charge in [-0.3, -0.25) is 9.52 Å². The van der Waals surface area contributed by atoms with Crippen molar-refractivity contribution in [2.45, 2.75) is 25.2 Å². The molecule has 3 rings (SSSR count). The summed E-state index contributed by atoms with van der Waals surface area (Å²) in [7, 11) is -3.83.